The van der Waals surface area contributed by atoms with E-state index in [-0.39, 0.29) is 42.9 Å². The molecule has 2 aromatic carbocycles. The van der Waals surface area contributed by atoms with Gasteiger partial charge in [-0.3, -0.25) is 9.59 Å². The maximum atomic E-state index is 13.3. The number of nitrogens with one attached hydrogen (secondary N) is 2. The Balaban J connectivity index is 1.87. The fourth-order valence-electron chi connectivity index (χ4n) is 3.73. The highest BCUT2D eigenvalue weighted by Crippen LogP contribution is 2.30. The zero-order valence-corrected chi connectivity index (χ0v) is 18.3. The Morgan fingerprint density at radius 1 is 1.26 bits per heavy atom. The summed E-state index contributed by atoms with van der Waals surface area (Å²) in [6, 6.07) is 14.3. The van der Waals surface area contributed by atoms with E-state index in [1.165, 1.54) is 0 Å². The van der Waals surface area contributed by atoms with E-state index in [9.17, 15) is 14.7 Å². The molecule has 0 fully saturated rings. The van der Waals surface area contributed by atoms with Gasteiger partial charge in [-0.2, -0.15) is 0 Å². The van der Waals surface area contributed by atoms with Crippen LogP contribution in [0.25, 0.3) is 0 Å². The Hall–Kier alpha value is -2.90. The van der Waals surface area contributed by atoms with Crippen LogP contribution in [-0.4, -0.2) is 60.7 Å². The largest absolute Gasteiger partial charge is 0.488 e. The predicted octanol–water partition coefficient (Wildman–Crippen LogP) is 2.31. The maximum absolute atomic E-state index is 13.3. The summed E-state index contributed by atoms with van der Waals surface area (Å²) in [6.07, 6.45) is 0.112. The summed E-state index contributed by atoms with van der Waals surface area (Å²) in [5.41, 5.74) is 1.83. The minimum Gasteiger partial charge on any atom is -0.488 e. The van der Waals surface area contributed by atoms with Crippen LogP contribution in [0.4, 0.5) is 5.69 Å². The van der Waals surface area contributed by atoms with Gasteiger partial charge in [0.1, 0.15) is 11.9 Å². The molecule has 0 saturated heterocycles. The smallest absolute Gasteiger partial charge is 0.258 e. The van der Waals surface area contributed by atoms with Crippen molar-refractivity contribution in [2.45, 2.75) is 32.4 Å². The summed E-state index contributed by atoms with van der Waals surface area (Å²) < 4.78 is 6.19. The summed E-state index contributed by atoms with van der Waals surface area (Å²) in [5.74, 6) is 0.176. The lowest BCUT2D eigenvalue weighted by Crippen LogP contribution is -2.49. The molecule has 3 rings (SSSR count). The Bertz CT molecular complexity index is 903. The Labute approximate surface area is 183 Å². The molecule has 166 valence electrons. The first-order valence-electron chi connectivity index (χ1n) is 10.6. The number of carbonyl (C=O) groups excluding carboxylic acids is 2. The summed E-state index contributed by atoms with van der Waals surface area (Å²) in [7, 11) is 1.86. The quantitative estimate of drug-likeness (QED) is 0.633. The van der Waals surface area contributed by atoms with Crippen LogP contribution < -0.4 is 15.4 Å². The van der Waals surface area contributed by atoms with E-state index in [0.717, 1.165) is 5.56 Å². The first-order chi connectivity index (χ1) is 14.9. The number of aliphatic hydroxyl groups is 1. The van der Waals surface area contributed by atoms with Crippen LogP contribution in [-0.2, 0) is 11.2 Å². The van der Waals surface area contributed by atoms with E-state index in [1.807, 2.05) is 51.2 Å². The zero-order valence-electron chi connectivity index (χ0n) is 18.3. The standard InChI is InChI=1S/C24H31N3O4/c1-16-14-27(17(2)15-28)24(30)20-12-19(9-10-21(20)31-22(16)13-25-3)26-23(29)11-18-7-5-4-6-8-18/h4-10,12,16-17,22,25,28H,11,13-15H2,1-3H3,(H,26,29)/t16-,17-,22-/m1/s1. The SMILES string of the molecule is CNC[C@H]1Oc2ccc(NC(=O)Cc3ccccc3)cc2C(=O)N([C@H](C)CO)C[C@H]1C. The second-order valence-corrected chi connectivity index (χ2v) is 8.10. The average molecular weight is 426 g/mol. The molecule has 0 aromatic heterocycles. The van der Waals surface area contributed by atoms with Crippen molar-refractivity contribution in [2.75, 3.05) is 32.1 Å². The molecule has 0 spiro atoms. The van der Waals surface area contributed by atoms with Gasteiger partial charge in [-0.1, -0.05) is 37.3 Å². The Morgan fingerprint density at radius 3 is 2.68 bits per heavy atom. The molecule has 0 bridgehead atoms. The molecule has 1 heterocycles. The van der Waals surface area contributed by atoms with Crippen molar-refractivity contribution < 1.29 is 19.4 Å². The molecule has 7 nitrogen and oxygen atoms in total. The molecule has 7 heteroatoms. The van der Waals surface area contributed by atoms with Gasteiger partial charge in [0.2, 0.25) is 5.91 Å². The number of aliphatic hydroxyl groups excluding tert-OH is 1. The third-order valence-electron chi connectivity index (χ3n) is 5.56. The molecule has 0 aliphatic carbocycles. The number of likely N-dealkylation sites (N-methyl/N-ethyl adjacent to an activating group) is 1. The minimum absolute atomic E-state index is 0.0730. The third kappa shape index (κ3) is 5.62. The summed E-state index contributed by atoms with van der Waals surface area (Å²) in [6.45, 7) is 4.84. The average Bonchev–Trinajstić information content (AvgIpc) is 2.76. The molecular weight excluding hydrogens is 394 g/mol. The lowest BCUT2D eigenvalue weighted by atomic mass is 9.99. The molecule has 31 heavy (non-hydrogen) atoms. The highest BCUT2D eigenvalue weighted by atomic mass is 16.5. The maximum Gasteiger partial charge on any atom is 0.258 e. The van der Waals surface area contributed by atoms with Gasteiger partial charge in [-0.05, 0) is 37.7 Å². The first kappa shape index (κ1) is 22.8. The van der Waals surface area contributed by atoms with Crippen LogP contribution in [0, 0.1) is 5.92 Å². The van der Waals surface area contributed by atoms with Crippen molar-refractivity contribution in [2.24, 2.45) is 5.92 Å². The van der Waals surface area contributed by atoms with Gasteiger partial charge in [-0.25, -0.2) is 0 Å². The summed E-state index contributed by atoms with van der Waals surface area (Å²) in [4.78, 5) is 27.5. The zero-order chi connectivity index (χ0) is 22.4. The van der Waals surface area contributed by atoms with E-state index < -0.39 is 0 Å². The fourth-order valence-corrected chi connectivity index (χ4v) is 3.73. The third-order valence-corrected chi connectivity index (χ3v) is 5.56. The van der Waals surface area contributed by atoms with Crippen LogP contribution in [0.15, 0.2) is 48.5 Å². The molecule has 1 aliphatic rings. The van der Waals surface area contributed by atoms with Gasteiger partial charge < -0.3 is 25.4 Å². The van der Waals surface area contributed by atoms with E-state index in [4.69, 9.17) is 4.74 Å². The fraction of sp³-hybridized carbons (Fsp3) is 0.417. The summed E-state index contributed by atoms with van der Waals surface area (Å²) >= 11 is 0. The van der Waals surface area contributed by atoms with Gasteiger partial charge in [0.15, 0.2) is 0 Å². The highest BCUT2D eigenvalue weighted by Gasteiger charge is 2.32. The number of anilines is 1. The van der Waals surface area contributed by atoms with Crippen molar-refractivity contribution in [3.8, 4) is 5.75 Å². The van der Waals surface area contributed by atoms with Gasteiger partial charge in [0.25, 0.3) is 5.91 Å². The van der Waals surface area contributed by atoms with E-state index in [1.54, 1.807) is 23.1 Å². The van der Waals surface area contributed by atoms with E-state index >= 15 is 0 Å². The second kappa shape index (κ2) is 10.4. The van der Waals surface area contributed by atoms with Gasteiger partial charge in [0, 0.05) is 24.7 Å². The molecule has 2 amide bonds. The van der Waals surface area contributed by atoms with Gasteiger partial charge in [-0.15, -0.1) is 0 Å². The molecule has 0 radical (unpaired) electrons. The molecular formula is C24H31N3O4. The molecule has 0 unspecified atom stereocenters. The van der Waals surface area contributed by atoms with Crippen molar-refractivity contribution in [3.63, 3.8) is 0 Å². The second-order valence-electron chi connectivity index (χ2n) is 8.10. The number of ether oxygens (including phenoxy) is 1. The lowest BCUT2D eigenvalue weighted by molar-refractivity contribution is -0.115. The monoisotopic (exact) mass is 425 g/mol. The number of nitrogens with zero attached hydrogens (tertiary/aromatic N) is 1. The van der Waals surface area contributed by atoms with Crippen LogP contribution in [0.3, 0.4) is 0 Å². The lowest BCUT2D eigenvalue weighted by Gasteiger charge is -2.37. The van der Waals surface area contributed by atoms with Crippen LogP contribution in [0.2, 0.25) is 0 Å². The minimum atomic E-state index is -0.326. The molecule has 0 saturated carbocycles. The van der Waals surface area contributed by atoms with E-state index in [0.29, 0.717) is 30.1 Å². The summed E-state index contributed by atoms with van der Waals surface area (Å²) in [5, 5.41) is 15.7. The van der Waals surface area contributed by atoms with Crippen molar-refractivity contribution in [3.05, 3.63) is 59.7 Å². The topological polar surface area (TPSA) is 90.9 Å². The number of fused-ring (bicyclic) bond motifs is 1. The number of benzene rings is 2. The first-order valence-corrected chi connectivity index (χ1v) is 10.6. The number of rotatable bonds is 7. The van der Waals surface area contributed by atoms with Gasteiger partial charge >= 0.3 is 0 Å². The van der Waals surface area contributed by atoms with Crippen LogP contribution in [0.5, 0.6) is 5.75 Å². The predicted molar refractivity (Wildman–Crippen MR) is 120 cm³/mol. The normalized spacial score (nSPS) is 19.6. The Kier molecular flexibility index (Phi) is 7.65. The number of hydrogen-bond donors (Lipinski definition) is 3. The van der Waals surface area contributed by atoms with Gasteiger partial charge in [0.05, 0.1) is 24.6 Å². The molecule has 2 aromatic rings. The van der Waals surface area contributed by atoms with Crippen LogP contribution in [0.1, 0.15) is 29.8 Å². The number of hydrogen-bond acceptors (Lipinski definition) is 5. The number of amides is 2. The van der Waals surface area contributed by atoms with Crippen molar-refractivity contribution >= 4 is 17.5 Å². The number of carbonyl (C=O) groups is 2. The highest BCUT2D eigenvalue weighted by molar-refractivity contribution is 6.00. The molecule has 1 aliphatic heterocycles. The Morgan fingerprint density at radius 2 is 2.00 bits per heavy atom. The van der Waals surface area contributed by atoms with Crippen LogP contribution >= 0.6 is 0 Å². The van der Waals surface area contributed by atoms with E-state index in [2.05, 4.69) is 10.6 Å². The molecule has 3 atom stereocenters. The van der Waals surface area contributed by atoms with Crippen molar-refractivity contribution in [1.82, 2.24) is 10.2 Å². The van der Waals surface area contributed by atoms with Crippen molar-refractivity contribution in [1.29, 1.82) is 0 Å². The molecule has 3 N–H and O–H groups in total.